The summed E-state index contributed by atoms with van der Waals surface area (Å²) in [6.45, 7) is 5.65. The first-order chi connectivity index (χ1) is 9.80. The lowest BCUT2D eigenvalue weighted by molar-refractivity contribution is 0.0518. The van der Waals surface area contributed by atoms with E-state index in [1.54, 1.807) is 0 Å². The third kappa shape index (κ3) is 2.89. The number of carbonyl (C=O) groups is 1. The Morgan fingerprint density at radius 2 is 2.19 bits per heavy atom. The van der Waals surface area contributed by atoms with Gasteiger partial charge in [-0.15, -0.1) is 0 Å². The smallest absolute Gasteiger partial charge is 0.407 e. The summed E-state index contributed by atoms with van der Waals surface area (Å²) in [4.78, 5) is 11.9. The number of ether oxygens (including phenoxy) is 1. The van der Waals surface area contributed by atoms with Crippen LogP contribution in [0.4, 0.5) is 4.79 Å². The fourth-order valence-electron chi connectivity index (χ4n) is 3.50. The molecule has 0 aliphatic heterocycles. The highest BCUT2D eigenvalue weighted by Gasteiger charge is 2.57. The van der Waals surface area contributed by atoms with Gasteiger partial charge >= 0.3 is 6.09 Å². The molecule has 1 amide bonds. The van der Waals surface area contributed by atoms with Gasteiger partial charge in [0.25, 0.3) is 0 Å². The normalized spacial score (nSPS) is 27.1. The van der Waals surface area contributed by atoms with Crippen molar-refractivity contribution in [3.63, 3.8) is 0 Å². The van der Waals surface area contributed by atoms with Crippen molar-refractivity contribution in [1.29, 1.82) is 0 Å². The van der Waals surface area contributed by atoms with Gasteiger partial charge in [-0.05, 0) is 69.7 Å². The molecule has 2 atom stereocenters. The SMILES string of the molecule is CC(C)(C)OC(=O)NC1CC12CCCc1cc(Cl)ccc12. The second-order valence-electron chi connectivity index (χ2n) is 7.21. The van der Waals surface area contributed by atoms with Gasteiger partial charge in [0.1, 0.15) is 5.60 Å². The van der Waals surface area contributed by atoms with E-state index in [0.29, 0.717) is 0 Å². The van der Waals surface area contributed by atoms with Crippen LogP contribution in [0.15, 0.2) is 18.2 Å². The lowest BCUT2D eigenvalue weighted by Crippen LogP contribution is -2.37. The summed E-state index contributed by atoms with van der Waals surface area (Å²) in [5, 5.41) is 3.83. The lowest BCUT2D eigenvalue weighted by Gasteiger charge is -2.27. The largest absolute Gasteiger partial charge is 0.444 e. The van der Waals surface area contributed by atoms with Crippen LogP contribution in [0.2, 0.25) is 5.02 Å². The number of rotatable bonds is 1. The molecule has 1 aromatic rings. The molecule has 114 valence electrons. The number of benzene rings is 1. The Labute approximate surface area is 131 Å². The maximum Gasteiger partial charge on any atom is 0.407 e. The van der Waals surface area contributed by atoms with E-state index in [0.717, 1.165) is 30.7 Å². The van der Waals surface area contributed by atoms with Crippen LogP contribution in [0, 0.1) is 0 Å². The van der Waals surface area contributed by atoms with Crippen molar-refractivity contribution in [1.82, 2.24) is 5.32 Å². The topological polar surface area (TPSA) is 38.3 Å². The molecule has 0 radical (unpaired) electrons. The highest BCUT2D eigenvalue weighted by atomic mass is 35.5. The van der Waals surface area contributed by atoms with E-state index < -0.39 is 5.60 Å². The zero-order valence-corrected chi connectivity index (χ0v) is 13.6. The third-order valence-electron chi connectivity index (χ3n) is 4.44. The Bertz CT molecular complexity index is 579. The molecule has 0 saturated heterocycles. The van der Waals surface area contributed by atoms with E-state index in [1.807, 2.05) is 26.8 Å². The van der Waals surface area contributed by atoms with Crippen molar-refractivity contribution in [2.75, 3.05) is 0 Å². The number of aryl methyl sites for hydroxylation is 1. The van der Waals surface area contributed by atoms with Gasteiger partial charge < -0.3 is 10.1 Å². The number of amides is 1. The Balaban J connectivity index is 1.74. The molecule has 3 nitrogen and oxygen atoms in total. The average molecular weight is 308 g/mol. The van der Waals surface area contributed by atoms with E-state index in [-0.39, 0.29) is 17.6 Å². The zero-order chi connectivity index (χ0) is 15.3. The highest BCUT2D eigenvalue weighted by Crippen LogP contribution is 2.55. The fourth-order valence-corrected chi connectivity index (χ4v) is 3.70. The molecule has 2 aliphatic carbocycles. The molecule has 2 aliphatic rings. The van der Waals surface area contributed by atoms with Crippen molar-refractivity contribution >= 4 is 17.7 Å². The van der Waals surface area contributed by atoms with Crippen molar-refractivity contribution in [3.05, 3.63) is 34.3 Å². The van der Waals surface area contributed by atoms with Crippen LogP contribution in [0.3, 0.4) is 0 Å². The third-order valence-corrected chi connectivity index (χ3v) is 4.67. The van der Waals surface area contributed by atoms with E-state index in [2.05, 4.69) is 17.4 Å². The summed E-state index contributed by atoms with van der Waals surface area (Å²) >= 11 is 6.09. The average Bonchev–Trinajstić information content (AvgIpc) is 2.99. The van der Waals surface area contributed by atoms with Gasteiger partial charge in [-0.1, -0.05) is 17.7 Å². The standard InChI is InChI=1S/C17H22ClNO2/c1-16(2,3)21-15(20)19-14-10-17(14)8-4-5-11-9-12(18)6-7-13(11)17/h6-7,9,14H,4-5,8,10H2,1-3H3,(H,19,20). The van der Waals surface area contributed by atoms with Gasteiger partial charge in [0.15, 0.2) is 0 Å². The maximum atomic E-state index is 11.9. The molecule has 1 N–H and O–H groups in total. The van der Waals surface area contributed by atoms with Crippen LogP contribution in [-0.4, -0.2) is 17.7 Å². The predicted octanol–water partition coefficient (Wildman–Crippen LogP) is 4.21. The summed E-state index contributed by atoms with van der Waals surface area (Å²) in [5.41, 5.74) is 2.35. The highest BCUT2D eigenvalue weighted by molar-refractivity contribution is 6.30. The van der Waals surface area contributed by atoms with E-state index >= 15 is 0 Å². The second-order valence-corrected chi connectivity index (χ2v) is 7.65. The monoisotopic (exact) mass is 307 g/mol. The van der Waals surface area contributed by atoms with Gasteiger partial charge in [0.05, 0.1) is 0 Å². The van der Waals surface area contributed by atoms with Gasteiger partial charge in [-0.25, -0.2) is 4.79 Å². The number of nitrogens with one attached hydrogen (secondary N) is 1. The van der Waals surface area contributed by atoms with Crippen LogP contribution < -0.4 is 5.32 Å². The molecule has 21 heavy (non-hydrogen) atoms. The quantitative estimate of drug-likeness (QED) is 0.844. The van der Waals surface area contributed by atoms with Gasteiger partial charge in [0, 0.05) is 16.5 Å². The molecular formula is C17H22ClNO2. The van der Waals surface area contributed by atoms with Crippen LogP contribution in [0.25, 0.3) is 0 Å². The first-order valence-corrected chi connectivity index (χ1v) is 7.96. The van der Waals surface area contributed by atoms with Crippen molar-refractivity contribution in [2.45, 2.75) is 63.5 Å². The number of alkyl carbamates (subject to hydrolysis) is 1. The molecule has 0 bridgehead atoms. The molecule has 1 saturated carbocycles. The van der Waals surface area contributed by atoms with Crippen LogP contribution in [-0.2, 0) is 16.6 Å². The van der Waals surface area contributed by atoms with Crippen LogP contribution >= 0.6 is 11.6 Å². The van der Waals surface area contributed by atoms with Gasteiger partial charge in [-0.2, -0.15) is 0 Å². The molecule has 1 spiro atoms. The minimum atomic E-state index is -0.454. The minimum absolute atomic E-state index is 0.106. The molecule has 4 heteroatoms. The Kier molecular flexibility index (Phi) is 3.44. The van der Waals surface area contributed by atoms with Crippen LogP contribution in [0.1, 0.15) is 51.2 Å². The second kappa shape index (κ2) is 4.91. The summed E-state index contributed by atoms with van der Waals surface area (Å²) in [7, 11) is 0. The van der Waals surface area contributed by atoms with E-state index in [4.69, 9.17) is 16.3 Å². The van der Waals surface area contributed by atoms with Crippen molar-refractivity contribution < 1.29 is 9.53 Å². The summed E-state index contributed by atoms with van der Waals surface area (Å²) < 4.78 is 5.36. The first kappa shape index (κ1) is 14.7. The summed E-state index contributed by atoms with van der Waals surface area (Å²) in [5.74, 6) is 0. The molecule has 2 unspecified atom stereocenters. The number of hydrogen-bond donors (Lipinski definition) is 1. The van der Waals surface area contributed by atoms with E-state index in [9.17, 15) is 4.79 Å². The molecule has 1 fully saturated rings. The van der Waals surface area contributed by atoms with Gasteiger partial charge in [0.2, 0.25) is 0 Å². The molecule has 0 aromatic heterocycles. The van der Waals surface area contributed by atoms with E-state index in [1.165, 1.54) is 11.1 Å². The predicted molar refractivity (Wildman–Crippen MR) is 83.8 cm³/mol. The van der Waals surface area contributed by atoms with Gasteiger partial charge in [-0.3, -0.25) is 0 Å². The molecule has 1 aromatic carbocycles. The Hall–Kier alpha value is -1.22. The Morgan fingerprint density at radius 3 is 2.90 bits per heavy atom. The fraction of sp³-hybridized carbons (Fsp3) is 0.588. The lowest BCUT2D eigenvalue weighted by atomic mass is 9.79. The summed E-state index contributed by atoms with van der Waals surface area (Å²) in [6.07, 6.45) is 4.05. The number of carbonyl (C=O) groups excluding carboxylic acids is 1. The number of halogens is 1. The number of hydrogen-bond acceptors (Lipinski definition) is 2. The molecule has 0 heterocycles. The molecular weight excluding hydrogens is 286 g/mol. The molecule has 3 rings (SSSR count). The number of fused-ring (bicyclic) bond motifs is 2. The van der Waals surface area contributed by atoms with Crippen LogP contribution in [0.5, 0.6) is 0 Å². The summed E-state index contributed by atoms with van der Waals surface area (Å²) in [6, 6.07) is 6.34. The minimum Gasteiger partial charge on any atom is -0.444 e. The first-order valence-electron chi connectivity index (χ1n) is 7.59. The van der Waals surface area contributed by atoms with Crippen molar-refractivity contribution in [3.8, 4) is 0 Å². The Morgan fingerprint density at radius 1 is 1.43 bits per heavy atom. The zero-order valence-electron chi connectivity index (χ0n) is 12.8. The van der Waals surface area contributed by atoms with Crippen molar-refractivity contribution in [2.24, 2.45) is 0 Å². The maximum absolute atomic E-state index is 11.9.